The van der Waals surface area contributed by atoms with Crippen LogP contribution < -0.4 is 16.1 Å². The number of rotatable bonds is 9. The minimum absolute atomic E-state index is 0.0938. The van der Waals surface area contributed by atoms with Crippen LogP contribution in [-0.2, 0) is 16.1 Å². The van der Waals surface area contributed by atoms with Crippen molar-refractivity contribution in [2.24, 2.45) is 0 Å². The number of hydrogen-bond donors (Lipinski definition) is 4. The van der Waals surface area contributed by atoms with Crippen molar-refractivity contribution in [2.45, 2.75) is 25.4 Å². The second-order valence-corrected chi connectivity index (χ2v) is 8.53. The third-order valence-corrected chi connectivity index (χ3v) is 5.70. The first kappa shape index (κ1) is 24.6. The summed E-state index contributed by atoms with van der Waals surface area (Å²) in [5.41, 5.74) is 6.01. The minimum Gasteiger partial charge on any atom is -0.349 e. The first-order valence-electron chi connectivity index (χ1n) is 11.7. The molecule has 7 heteroatoms. The Kier molecular flexibility index (Phi) is 8.05. The van der Waals surface area contributed by atoms with Crippen molar-refractivity contribution in [3.8, 4) is 0 Å². The van der Waals surface area contributed by atoms with E-state index in [2.05, 4.69) is 10.6 Å². The van der Waals surface area contributed by atoms with Crippen LogP contribution in [0.25, 0.3) is 17.7 Å². The standard InChI is InChI=1S/C29H27N3O4/c33-27(32-36)17-12-20-6-8-22(9-7-20)19-30-28(34)24-13-10-21(11-14-24)18-26(23-4-2-1-3-5-23)29(35)31-25-15-16-25/h1-14,17-18,25,36H,15-16,19H2,(H,30,34)(H,31,35)(H,32,33)/b17-12+,26-18+. The average molecular weight is 482 g/mol. The monoisotopic (exact) mass is 481 g/mol. The molecular weight excluding hydrogens is 454 g/mol. The van der Waals surface area contributed by atoms with Gasteiger partial charge in [-0.05, 0) is 59.4 Å². The van der Waals surface area contributed by atoms with Crippen LogP contribution in [0.1, 0.15) is 45.5 Å². The minimum atomic E-state index is -0.606. The Hall–Kier alpha value is -4.49. The molecule has 1 aliphatic rings. The second-order valence-electron chi connectivity index (χ2n) is 8.53. The molecule has 3 amide bonds. The fraction of sp³-hybridized carbons (Fsp3) is 0.138. The molecule has 1 fully saturated rings. The number of benzene rings is 3. The molecular formula is C29H27N3O4. The first-order valence-corrected chi connectivity index (χ1v) is 11.7. The summed E-state index contributed by atoms with van der Waals surface area (Å²) in [5.74, 6) is -0.904. The van der Waals surface area contributed by atoms with Crippen LogP contribution >= 0.6 is 0 Å². The van der Waals surface area contributed by atoms with Gasteiger partial charge in [0.2, 0.25) is 0 Å². The lowest BCUT2D eigenvalue weighted by Crippen LogP contribution is -2.26. The molecule has 3 aromatic carbocycles. The third kappa shape index (κ3) is 7.01. The molecule has 3 aromatic rings. The number of hydrogen-bond acceptors (Lipinski definition) is 4. The maximum absolute atomic E-state index is 12.8. The quantitative estimate of drug-likeness (QED) is 0.161. The highest BCUT2D eigenvalue weighted by atomic mass is 16.5. The molecule has 0 aromatic heterocycles. The predicted octanol–water partition coefficient (Wildman–Crippen LogP) is 3.95. The van der Waals surface area contributed by atoms with E-state index in [9.17, 15) is 14.4 Å². The lowest BCUT2D eigenvalue weighted by molar-refractivity contribution is -0.124. The predicted molar refractivity (Wildman–Crippen MR) is 138 cm³/mol. The number of carbonyl (C=O) groups excluding carboxylic acids is 3. The molecule has 36 heavy (non-hydrogen) atoms. The fourth-order valence-electron chi connectivity index (χ4n) is 3.53. The van der Waals surface area contributed by atoms with E-state index >= 15 is 0 Å². The van der Waals surface area contributed by atoms with Crippen molar-refractivity contribution in [3.63, 3.8) is 0 Å². The Morgan fingerprint density at radius 1 is 0.833 bits per heavy atom. The van der Waals surface area contributed by atoms with Gasteiger partial charge < -0.3 is 10.6 Å². The van der Waals surface area contributed by atoms with Crippen LogP contribution in [0.4, 0.5) is 0 Å². The first-order chi connectivity index (χ1) is 17.5. The summed E-state index contributed by atoms with van der Waals surface area (Å²) >= 11 is 0. The summed E-state index contributed by atoms with van der Waals surface area (Å²) in [6.45, 7) is 0.348. The molecule has 0 unspecified atom stereocenters. The molecule has 0 spiro atoms. The van der Waals surface area contributed by atoms with Gasteiger partial charge >= 0.3 is 0 Å². The van der Waals surface area contributed by atoms with E-state index < -0.39 is 5.91 Å². The zero-order valence-electron chi connectivity index (χ0n) is 19.6. The summed E-state index contributed by atoms with van der Waals surface area (Å²) in [4.78, 5) is 36.5. The second kappa shape index (κ2) is 11.8. The highest BCUT2D eigenvalue weighted by Gasteiger charge is 2.25. The maximum atomic E-state index is 12.8. The average Bonchev–Trinajstić information content (AvgIpc) is 3.74. The molecule has 0 aliphatic heterocycles. The highest BCUT2D eigenvalue weighted by molar-refractivity contribution is 6.24. The normalized spacial score (nSPS) is 13.3. The van der Waals surface area contributed by atoms with Crippen LogP contribution in [0.5, 0.6) is 0 Å². The Morgan fingerprint density at radius 2 is 1.50 bits per heavy atom. The summed E-state index contributed by atoms with van der Waals surface area (Å²) in [7, 11) is 0. The van der Waals surface area contributed by atoms with Gasteiger partial charge in [-0.25, -0.2) is 5.48 Å². The Balaban J connectivity index is 1.39. The van der Waals surface area contributed by atoms with Crippen LogP contribution in [0.2, 0.25) is 0 Å². The van der Waals surface area contributed by atoms with Gasteiger partial charge in [-0.1, -0.05) is 66.7 Å². The van der Waals surface area contributed by atoms with E-state index in [0.29, 0.717) is 17.7 Å². The molecule has 0 heterocycles. The van der Waals surface area contributed by atoms with E-state index in [1.54, 1.807) is 18.2 Å². The largest absolute Gasteiger partial charge is 0.349 e. The van der Waals surface area contributed by atoms with Crippen molar-refractivity contribution in [1.82, 2.24) is 16.1 Å². The van der Waals surface area contributed by atoms with Gasteiger partial charge in [-0.15, -0.1) is 0 Å². The number of carbonyl (C=O) groups is 3. The van der Waals surface area contributed by atoms with Gasteiger partial charge in [0.25, 0.3) is 17.7 Å². The Labute approximate surface area is 209 Å². The molecule has 4 N–H and O–H groups in total. The van der Waals surface area contributed by atoms with Crippen molar-refractivity contribution in [3.05, 3.63) is 113 Å². The number of amides is 3. The zero-order valence-corrected chi connectivity index (χ0v) is 19.6. The van der Waals surface area contributed by atoms with Crippen LogP contribution in [0.3, 0.4) is 0 Å². The SMILES string of the molecule is O=C(/C=C/c1ccc(CNC(=O)c2ccc(/C=C(/C(=O)NC3CC3)c3ccccc3)cc2)cc1)NO. The molecule has 7 nitrogen and oxygen atoms in total. The zero-order chi connectivity index (χ0) is 25.3. The lowest BCUT2D eigenvalue weighted by Gasteiger charge is -2.10. The van der Waals surface area contributed by atoms with Crippen molar-refractivity contribution < 1.29 is 19.6 Å². The Morgan fingerprint density at radius 3 is 2.14 bits per heavy atom. The molecule has 0 bridgehead atoms. The highest BCUT2D eigenvalue weighted by Crippen LogP contribution is 2.23. The van der Waals surface area contributed by atoms with Gasteiger partial charge in [0.15, 0.2) is 0 Å². The summed E-state index contributed by atoms with van der Waals surface area (Å²) in [6, 6.07) is 24.3. The topological polar surface area (TPSA) is 108 Å². The van der Waals surface area contributed by atoms with Crippen LogP contribution in [-0.4, -0.2) is 29.0 Å². The Bertz CT molecular complexity index is 1280. The molecule has 182 valence electrons. The third-order valence-electron chi connectivity index (χ3n) is 5.70. The van der Waals surface area contributed by atoms with Crippen molar-refractivity contribution in [1.29, 1.82) is 0 Å². The summed E-state index contributed by atoms with van der Waals surface area (Å²) < 4.78 is 0. The van der Waals surface area contributed by atoms with E-state index in [-0.39, 0.29) is 17.9 Å². The lowest BCUT2D eigenvalue weighted by atomic mass is 10.0. The van der Waals surface area contributed by atoms with E-state index in [4.69, 9.17) is 5.21 Å². The fourth-order valence-corrected chi connectivity index (χ4v) is 3.53. The molecule has 0 saturated heterocycles. The van der Waals surface area contributed by atoms with Gasteiger partial charge in [-0.3, -0.25) is 19.6 Å². The van der Waals surface area contributed by atoms with Gasteiger partial charge in [0.05, 0.1) is 0 Å². The van der Waals surface area contributed by atoms with Gasteiger partial charge in [0.1, 0.15) is 0 Å². The summed E-state index contributed by atoms with van der Waals surface area (Å²) in [5, 5.41) is 14.5. The summed E-state index contributed by atoms with van der Waals surface area (Å²) in [6.07, 6.45) is 6.67. The van der Waals surface area contributed by atoms with Crippen LogP contribution in [0.15, 0.2) is 84.9 Å². The molecule has 0 atom stereocenters. The molecule has 0 radical (unpaired) electrons. The van der Waals surface area contributed by atoms with Crippen molar-refractivity contribution in [2.75, 3.05) is 0 Å². The van der Waals surface area contributed by atoms with E-state index in [1.165, 1.54) is 11.6 Å². The van der Waals surface area contributed by atoms with Gasteiger partial charge in [0, 0.05) is 29.8 Å². The molecule has 4 rings (SSSR count). The smallest absolute Gasteiger partial charge is 0.267 e. The maximum Gasteiger partial charge on any atom is 0.267 e. The molecule has 1 aliphatic carbocycles. The molecule has 1 saturated carbocycles. The number of nitrogens with one attached hydrogen (secondary N) is 3. The van der Waals surface area contributed by atoms with Crippen molar-refractivity contribution >= 4 is 35.4 Å². The van der Waals surface area contributed by atoms with E-state index in [0.717, 1.165) is 35.1 Å². The van der Waals surface area contributed by atoms with Crippen LogP contribution in [0, 0.1) is 0 Å². The van der Waals surface area contributed by atoms with E-state index in [1.807, 2.05) is 72.8 Å². The number of hydroxylamine groups is 1. The van der Waals surface area contributed by atoms with Gasteiger partial charge in [-0.2, -0.15) is 0 Å².